The number of allylic oxidation sites excluding steroid dienone is 1. The molecule has 0 saturated carbocycles. The zero-order valence-electron chi connectivity index (χ0n) is 7.54. The van der Waals surface area contributed by atoms with E-state index in [1.54, 1.807) is 0 Å². The van der Waals surface area contributed by atoms with Crippen LogP contribution in [-0.2, 0) is 0 Å². The fourth-order valence-electron chi connectivity index (χ4n) is 0.868. The SMILES string of the molecule is C/C=C/CN(C)CC(C)C#N. The van der Waals surface area contributed by atoms with Gasteiger partial charge < -0.3 is 4.90 Å². The molecule has 11 heavy (non-hydrogen) atoms. The van der Waals surface area contributed by atoms with Crippen molar-refractivity contribution in [3.8, 4) is 6.07 Å². The fraction of sp³-hybridized carbons (Fsp3) is 0.667. The molecule has 0 aliphatic carbocycles. The summed E-state index contributed by atoms with van der Waals surface area (Å²) in [5, 5.41) is 8.51. The van der Waals surface area contributed by atoms with Gasteiger partial charge in [0.05, 0.1) is 12.0 Å². The molecule has 62 valence electrons. The summed E-state index contributed by atoms with van der Waals surface area (Å²) in [6.07, 6.45) is 4.11. The van der Waals surface area contributed by atoms with Gasteiger partial charge in [-0.15, -0.1) is 0 Å². The minimum absolute atomic E-state index is 0.130. The van der Waals surface area contributed by atoms with Crippen molar-refractivity contribution in [2.45, 2.75) is 13.8 Å². The molecule has 0 aromatic heterocycles. The topological polar surface area (TPSA) is 27.0 Å². The predicted octanol–water partition coefficient (Wildman–Crippen LogP) is 1.65. The molecule has 0 heterocycles. The van der Waals surface area contributed by atoms with Gasteiger partial charge in [-0.3, -0.25) is 0 Å². The van der Waals surface area contributed by atoms with Gasteiger partial charge in [0.2, 0.25) is 0 Å². The van der Waals surface area contributed by atoms with Crippen LogP contribution in [0.3, 0.4) is 0 Å². The van der Waals surface area contributed by atoms with Crippen molar-refractivity contribution >= 4 is 0 Å². The first-order valence-corrected chi connectivity index (χ1v) is 3.90. The summed E-state index contributed by atoms with van der Waals surface area (Å²) in [4.78, 5) is 2.13. The van der Waals surface area contributed by atoms with Crippen molar-refractivity contribution in [2.75, 3.05) is 20.1 Å². The van der Waals surface area contributed by atoms with Crippen LogP contribution >= 0.6 is 0 Å². The molecule has 0 rings (SSSR count). The highest BCUT2D eigenvalue weighted by Crippen LogP contribution is 1.95. The third-order valence-electron chi connectivity index (χ3n) is 1.46. The maximum atomic E-state index is 8.51. The van der Waals surface area contributed by atoms with Crippen molar-refractivity contribution in [2.24, 2.45) is 5.92 Å². The molecule has 0 radical (unpaired) electrons. The average Bonchev–Trinajstić information content (AvgIpc) is 2.00. The summed E-state index contributed by atoms with van der Waals surface area (Å²) in [6, 6.07) is 2.21. The number of rotatable bonds is 4. The third-order valence-corrected chi connectivity index (χ3v) is 1.46. The zero-order valence-corrected chi connectivity index (χ0v) is 7.54. The van der Waals surface area contributed by atoms with Crippen molar-refractivity contribution < 1.29 is 0 Å². The van der Waals surface area contributed by atoms with Crippen LogP contribution < -0.4 is 0 Å². The Hall–Kier alpha value is -0.810. The summed E-state index contributed by atoms with van der Waals surface area (Å²) in [5.41, 5.74) is 0. The lowest BCUT2D eigenvalue weighted by atomic mass is 10.2. The molecule has 0 aromatic rings. The number of hydrogen-bond acceptors (Lipinski definition) is 2. The normalized spacial score (nSPS) is 13.7. The van der Waals surface area contributed by atoms with Crippen LogP contribution in [0.1, 0.15) is 13.8 Å². The monoisotopic (exact) mass is 152 g/mol. The third kappa shape index (κ3) is 5.63. The van der Waals surface area contributed by atoms with Crippen LogP contribution in [0.2, 0.25) is 0 Å². The van der Waals surface area contributed by atoms with Gasteiger partial charge in [0.15, 0.2) is 0 Å². The van der Waals surface area contributed by atoms with E-state index in [1.807, 2.05) is 27.0 Å². The van der Waals surface area contributed by atoms with E-state index in [4.69, 9.17) is 5.26 Å². The Bertz CT molecular complexity index is 155. The predicted molar refractivity (Wildman–Crippen MR) is 47.1 cm³/mol. The van der Waals surface area contributed by atoms with Gasteiger partial charge in [0.25, 0.3) is 0 Å². The van der Waals surface area contributed by atoms with Crippen LogP contribution in [0.5, 0.6) is 0 Å². The molecular formula is C9H16N2. The first kappa shape index (κ1) is 10.2. The Kier molecular flexibility index (Phi) is 5.50. The minimum Gasteiger partial charge on any atom is -0.301 e. The van der Waals surface area contributed by atoms with Gasteiger partial charge in [-0.25, -0.2) is 0 Å². The summed E-state index contributed by atoms with van der Waals surface area (Å²) in [5.74, 6) is 0.130. The Morgan fingerprint density at radius 3 is 2.73 bits per heavy atom. The van der Waals surface area contributed by atoms with Crippen LogP contribution in [0.15, 0.2) is 12.2 Å². The average molecular weight is 152 g/mol. The highest BCUT2D eigenvalue weighted by molar-refractivity contribution is 4.84. The molecule has 0 amide bonds. The van der Waals surface area contributed by atoms with Crippen LogP contribution in [-0.4, -0.2) is 25.0 Å². The Morgan fingerprint density at radius 1 is 1.64 bits per heavy atom. The van der Waals surface area contributed by atoms with Crippen LogP contribution in [0.25, 0.3) is 0 Å². The molecule has 1 atom stereocenters. The number of nitrogens with zero attached hydrogens (tertiary/aromatic N) is 2. The van der Waals surface area contributed by atoms with E-state index >= 15 is 0 Å². The summed E-state index contributed by atoms with van der Waals surface area (Å²) >= 11 is 0. The van der Waals surface area contributed by atoms with Crippen LogP contribution in [0.4, 0.5) is 0 Å². The molecule has 0 bridgehead atoms. The summed E-state index contributed by atoms with van der Waals surface area (Å²) in [7, 11) is 2.02. The first-order chi connectivity index (χ1) is 5.20. The summed E-state index contributed by atoms with van der Waals surface area (Å²) < 4.78 is 0. The molecular weight excluding hydrogens is 136 g/mol. The van der Waals surface area contributed by atoms with Crippen molar-refractivity contribution in [3.63, 3.8) is 0 Å². The molecule has 0 fully saturated rings. The zero-order chi connectivity index (χ0) is 8.69. The second kappa shape index (κ2) is 5.94. The molecule has 0 spiro atoms. The second-order valence-electron chi connectivity index (χ2n) is 2.82. The Labute approximate surface area is 69.1 Å². The smallest absolute Gasteiger partial charge is 0.0666 e. The number of nitriles is 1. The van der Waals surface area contributed by atoms with Crippen molar-refractivity contribution in [1.82, 2.24) is 4.90 Å². The van der Waals surface area contributed by atoms with Gasteiger partial charge in [-0.2, -0.15) is 5.26 Å². The van der Waals surface area contributed by atoms with E-state index in [1.165, 1.54) is 0 Å². The van der Waals surface area contributed by atoms with Gasteiger partial charge in [-0.1, -0.05) is 12.2 Å². The molecule has 0 aliphatic heterocycles. The molecule has 0 aromatic carbocycles. The highest BCUT2D eigenvalue weighted by Gasteiger charge is 2.01. The molecule has 0 N–H and O–H groups in total. The van der Waals surface area contributed by atoms with Gasteiger partial charge >= 0.3 is 0 Å². The largest absolute Gasteiger partial charge is 0.301 e. The van der Waals surface area contributed by atoms with Crippen molar-refractivity contribution in [3.05, 3.63) is 12.2 Å². The second-order valence-corrected chi connectivity index (χ2v) is 2.82. The molecule has 2 heteroatoms. The van der Waals surface area contributed by atoms with E-state index in [2.05, 4.69) is 17.0 Å². The first-order valence-electron chi connectivity index (χ1n) is 3.90. The van der Waals surface area contributed by atoms with E-state index < -0.39 is 0 Å². The molecule has 0 saturated heterocycles. The lowest BCUT2D eigenvalue weighted by Gasteiger charge is -2.14. The quantitative estimate of drug-likeness (QED) is 0.573. The fourth-order valence-corrected chi connectivity index (χ4v) is 0.868. The Balaban J connectivity index is 3.53. The van der Waals surface area contributed by atoms with Crippen LogP contribution in [0, 0.1) is 17.2 Å². The molecule has 1 unspecified atom stereocenters. The van der Waals surface area contributed by atoms with Gasteiger partial charge in [-0.05, 0) is 20.9 Å². The van der Waals surface area contributed by atoms with E-state index in [9.17, 15) is 0 Å². The number of hydrogen-bond donors (Lipinski definition) is 0. The van der Waals surface area contributed by atoms with Gasteiger partial charge in [0, 0.05) is 13.1 Å². The number of likely N-dealkylation sites (N-methyl/N-ethyl adjacent to an activating group) is 1. The van der Waals surface area contributed by atoms with Crippen molar-refractivity contribution in [1.29, 1.82) is 5.26 Å². The van der Waals surface area contributed by atoms with E-state index in [-0.39, 0.29) is 5.92 Å². The molecule has 2 nitrogen and oxygen atoms in total. The lowest BCUT2D eigenvalue weighted by Crippen LogP contribution is -2.23. The Morgan fingerprint density at radius 2 is 2.27 bits per heavy atom. The molecule has 0 aliphatic rings. The lowest BCUT2D eigenvalue weighted by molar-refractivity contribution is 0.342. The highest BCUT2D eigenvalue weighted by atomic mass is 15.1. The maximum absolute atomic E-state index is 8.51. The summed E-state index contributed by atoms with van der Waals surface area (Å²) in [6.45, 7) is 5.72. The maximum Gasteiger partial charge on any atom is 0.0666 e. The van der Waals surface area contributed by atoms with E-state index in [0.29, 0.717) is 0 Å². The van der Waals surface area contributed by atoms with Gasteiger partial charge in [0.1, 0.15) is 0 Å². The van der Waals surface area contributed by atoms with E-state index in [0.717, 1.165) is 13.1 Å². The standard InChI is InChI=1S/C9H16N2/c1-4-5-6-11(3)8-9(2)7-10/h4-5,9H,6,8H2,1-3H3/b5-4+. The minimum atomic E-state index is 0.130.